The molecule has 0 aliphatic heterocycles. The fourth-order valence-electron chi connectivity index (χ4n) is 1.70. The number of rotatable bonds is 4. The van der Waals surface area contributed by atoms with Crippen LogP contribution in [0.1, 0.15) is 19.4 Å². The maximum absolute atomic E-state index is 13.4. The number of aliphatic carboxylic acids is 1. The predicted octanol–water partition coefficient (Wildman–Crippen LogP) is 2.28. The molecule has 0 amide bonds. The van der Waals surface area contributed by atoms with Crippen LogP contribution in [-0.2, 0) is 4.79 Å². The third-order valence-electron chi connectivity index (χ3n) is 2.50. The first-order valence-electron chi connectivity index (χ1n) is 5.43. The van der Waals surface area contributed by atoms with Crippen molar-refractivity contribution in [1.82, 2.24) is 20.2 Å². The highest BCUT2D eigenvalue weighted by Crippen LogP contribution is 2.25. The average Bonchev–Trinajstić information content (AvgIpc) is 2.75. The highest BCUT2D eigenvalue weighted by atomic mass is 79.9. The number of nitrogens with zero attached hydrogens (tertiary/aromatic N) is 4. The average molecular weight is 329 g/mol. The lowest BCUT2D eigenvalue weighted by Crippen LogP contribution is -2.13. The fourth-order valence-corrected chi connectivity index (χ4v) is 2.17. The van der Waals surface area contributed by atoms with E-state index in [1.165, 1.54) is 16.8 Å². The zero-order chi connectivity index (χ0) is 14.0. The monoisotopic (exact) mass is 328 g/mol. The maximum atomic E-state index is 13.4. The van der Waals surface area contributed by atoms with E-state index in [0.717, 1.165) is 0 Å². The Morgan fingerprint density at radius 1 is 1.53 bits per heavy atom. The lowest BCUT2D eigenvalue weighted by atomic mass is 10.2. The van der Waals surface area contributed by atoms with Crippen LogP contribution in [0.4, 0.5) is 4.39 Å². The Balaban J connectivity index is 2.41. The molecule has 8 heteroatoms. The Kier molecular flexibility index (Phi) is 3.89. The minimum atomic E-state index is -0.950. The topological polar surface area (TPSA) is 80.9 Å². The maximum Gasteiger partial charge on any atom is 0.305 e. The summed E-state index contributed by atoms with van der Waals surface area (Å²) in [6, 6.07) is 3.85. The summed E-state index contributed by atoms with van der Waals surface area (Å²) in [4.78, 5) is 10.7. The van der Waals surface area contributed by atoms with Gasteiger partial charge >= 0.3 is 5.97 Å². The molecule has 0 radical (unpaired) electrons. The van der Waals surface area contributed by atoms with Crippen LogP contribution in [0, 0.1) is 5.82 Å². The van der Waals surface area contributed by atoms with Crippen molar-refractivity contribution >= 4 is 21.9 Å². The van der Waals surface area contributed by atoms with Gasteiger partial charge in [-0.15, -0.1) is 5.10 Å². The van der Waals surface area contributed by atoms with E-state index < -0.39 is 17.8 Å². The standard InChI is InChI=1S/C11H10BrFN4O2/c1-6(2-10(18)19)17-11(14-15-16-17)7-3-8(12)5-9(13)4-7/h3-6H,2H2,1H3,(H,18,19). The number of aromatic nitrogens is 4. The van der Waals surface area contributed by atoms with Crippen molar-refractivity contribution < 1.29 is 14.3 Å². The predicted molar refractivity (Wildman–Crippen MR) is 67.9 cm³/mol. The van der Waals surface area contributed by atoms with Gasteiger partial charge in [-0.1, -0.05) is 15.9 Å². The van der Waals surface area contributed by atoms with Gasteiger partial charge in [-0.2, -0.15) is 0 Å². The molecule has 2 aromatic rings. The summed E-state index contributed by atoms with van der Waals surface area (Å²) in [6.45, 7) is 1.68. The first-order valence-corrected chi connectivity index (χ1v) is 6.23. The normalized spacial score (nSPS) is 12.4. The summed E-state index contributed by atoms with van der Waals surface area (Å²) in [5.74, 6) is -1.05. The molecule has 0 spiro atoms. The molecule has 2 rings (SSSR count). The summed E-state index contributed by atoms with van der Waals surface area (Å²) in [5, 5.41) is 19.9. The molecule has 1 aromatic carbocycles. The van der Waals surface area contributed by atoms with Crippen LogP contribution < -0.4 is 0 Å². The summed E-state index contributed by atoms with van der Waals surface area (Å²) in [7, 11) is 0. The molecule has 6 nitrogen and oxygen atoms in total. The molecule has 100 valence electrons. The van der Waals surface area contributed by atoms with Crippen LogP contribution >= 0.6 is 15.9 Å². The number of benzene rings is 1. The van der Waals surface area contributed by atoms with Crippen LogP contribution in [0.2, 0.25) is 0 Å². The molecular formula is C11H10BrFN4O2. The third-order valence-corrected chi connectivity index (χ3v) is 2.96. The second-order valence-electron chi connectivity index (χ2n) is 4.05. The van der Waals surface area contributed by atoms with Crippen LogP contribution in [0.3, 0.4) is 0 Å². The molecule has 0 bridgehead atoms. The van der Waals surface area contributed by atoms with Crippen LogP contribution in [-0.4, -0.2) is 31.3 Å². The smallest absolute Gasteiger partial charge is 0.305 e. The third kappa shape index (κ3) is 3.14. The summed E-state index contributed by atoms with van der Waals surface area (Å²) >= 11 is 3.19. The van der Waals surface area contributed by atoms with E-state index in [1.54, 1.807) is 13.0 Å². The number of hydrogen-bond donors (Lipinski definition) is 1. The van der Waals surface area contributed by atoms with Crippen molar-refractivity contribution in [2.45, 2.75) is 19.4 Å². The van der Waals surface area contributed by atoms with Gasteiger partial charge in [0.2, 0.25) is 0 Å². The Hall–Kier alpha value is -1.83. The van der Waals surface area contributed by atoms with E-state index in [4.69, 9.17) is 5.11 Å². The summed E-state index contributed by atoms with van der Waals surface area (Å²) in [5.41, 5.74) is 0.481. The van der Waals surface area contributed by atoms with E-state index in [0.29, 0.717) is 15.9 Å². The van der Waals surface area contributed by atoms with E-state index in [2.05, 4.69) is 31.5 Å². The highest BCUT2D eigenvalue weighted by molar-refractivity contribution is 9.10. The molecule has 1 atom stereocenters. The zero-order valence-corrected chi connectivity index (χ0v) is 11.5. The molecule has 0 aliphatic rings. The molecular weight excluding hydrogens is 319 g/mol. The lowest BCUT2D eigenvalue weighted by Gasteiger charge is -2.11. The molecule has 1 N–H and O–H groups in total. The molecule has 1 unspecified atom stereocenters. The van der Waals surface area contributed by atoms with Gasteiger partial charge in [0.1, 0.15) is 5.82 Å². The molecule has 0 fully saturated rings. The van der Waals surface area contributed by atoms with Gasteiger partial charge in [0, 0.05) is 10.0 Å². The first-order chi connectivity index (χ1) is 8.97. The molecule has 1 aromatic heterocycles. The van der Waals surface area contributed by atoms with E-state index >= 15 is 0 Å². The number of carboxylic acids is 1. The van der Waals surface area contributed by atoms with Gasteiger partial charge in [-0.3, -0.25) is 4.79 Å². The summed E-state index contributed by atoms with van der Waals surface area (Å²) in [6.07, 6.45) is -0.117. The number of carboxylic acid groups (broad SMARTS) is 1. The largest absolute Gasteiger partial charge is 0.481 e. The Morgan fingerprint density at radius 3 is 2.89 bits per heavy atom. The van der Waals surface area contributed by atoms with Crippen molar-refractivity contribution in [3.05, 3.63) is 28.5 Å². The Morgan fingerprint density at radius 2 is 2.26 bits per heavy atom. The van der Waals surface area contributed by atoms with Crippen molar-refractivity contribution in [3.63, 3.8) is 0 Å². The van der Waals surface area contributed by atoms with Gasteiger partial charge in [0.05, 0.1) is 12.5 Å². The van der Waals surface area contributed by atoms with Gasteiger partial charge in [0.15, 0.2) is 5.82 Å². The van der Waals surface area contributed by atoms with Crippen LogP contribution in [0.15, 0.2) is 22.7 Å². The zero-order valence-electron chi connectivity index (χ0n) is 9.92. The van der Waals surface area contributed by atoms with Gasteiger partial charge in [-0.25, -0.2) is 9.07 Å². The first kappa shape index (κ1) is 13.6. The van der Waals surface area contributed by atoms with Gasteiger partial charge in [0.25, 0.3) is 0 Å². The van der Waals surface area contributed by atoms with E-state index in [1.807, 2.05) is 0 Å². The van der Waals surface area contributed by atoms with E-state index in [9.17, 15) is 9.18 Å². The Bertz CT molecular complexity index is 596. The Labute approximate surface area is 116 Å². The molecule has 0 saturated carbocycles. The van der Waals surface area contributed by atoms with E-state index in [-0.39, 0.29) is 6.42 Å². The number of tetrazole rings is 1. The second kappa shape index (κ2) is 5.43. The van der Waals surface area contributed by atoms with Crippen molar-refractivity contribution in [2.24, 2.45) is 0 Å². The van der Waals surface area contributed by atoms with Crippen molar-refractivity contribution in [3.8, 4) is 11.4 Å². The minimum absolute atomic E-state index is 0.117. The number of carbonyl (C=O) groups is 1. The van der Waals surface area contributed by atoms with Crippen LogP contribution in [0.25, 0.3) is 11.4 Å². The van der Waals surface area contributed by atoms with Gasteiger partial charge < -0.3 is 5.11 Å². The fraction of sp³-hybridized carbons (Fsp3) is 0.273. The molecule has 19 heavy (non-hydrogen) atoms. The highest BCUT2D eigenvalue weighted by Gasteiger charge is 2.17. The molecule has 0 aliphatic carbocycles. The van der Waals surface area contributed by atoms with Gasteiger partial charge in [-0.05, 0) is 35.5 Å². The number of hydrogen-bond acceptors (Lipinski definition) is 4. The molecule has 1 heterocycles. The summed E-state index contributed by atoms with van der Waals surface area (Å²) < 4.78 is 15.3. The van der Waals surface area contributed by atoms with Crippen molar-refractivity contribution in [2.75, 3.05) is 0 Å². The van der Waals surface area contributed by atoms with Crippen molar-refractivity contribution in [1.29, 1.82) is 0 Å². The second-order valence-corrected chi connectivity index (χ2v) is 4.97. The number of halogens is 2. The lowest BCUT2D eigenvalue weighted by molar-refractivity contribution is -0.137. The molecule has 0 saturated heterocycles. The quantitative estimate of drug-likeness (QED) is 0.931. The van der Waals surface area contributed by atoms with Crippen LogP contribution in [0.5, 0.6) is 0 Å². The minimum Gasteiger partial charge on any atom is -0.481 e. The SMILES string of the molecule is CC(CC(=O)O)n1nnnc1-c1cc(F)cc(Br)c1.